The van der Waals surface area contributed by atoms with Crippen molar-refractivity contribution < 1.29 is 0 Å². The molecule has 1 aliphatic rings. The van der Waals surface area contributed by atoms with Crippen LogP contribution in [0.25, 0.3) is 26.5 Å². The Morgan fingerprint density at radius 1 is 1.00 bits per heavy atom. The first-order valence-corrected chi connectivity index (χ1v) is 12.2. The van der Waals surface area contributed by atoms with Crippen molar-refractivity contribution >= 4 is 43.7 Å². The molecule has 0 spiro atoms. The molecular weight excluding hydrogens is 416 g/mol. The van der Waals surface area contributed by atoms with Gasteiger partial charge in [0.1, 0.15) is 4.83 Å². The minimum Gasteiger partial charge on any atom is -0.349 e. The first-order valence-electron chi connectivity index (χ1n) is 11.4. The fraction of sp³-hybridized carbons (Fsp3) is 0.308. The highest BCUT2D eigenvalue weighted by atomic mass is 32.1. The van der Waals surface area contributed by atoms with E-state index in [-0.39, 0.29) is 5.56 Å². The van der Waals surface area contributed by atoms with E-state index in [9.17, 15) is 4.79 Å². The standard InChI is InChI=1S/C26H28N4OS/c1-2-14-30-23-21-12-6-7-13-22(21)32-25(23)27-24(26(30)31)29-18-16-28(17-19-29)15-8-11-20-9-4-3-5-10-20/h3-13H,2,14-19H2,1H3/b11-8+. The van der Waals surface area contributed by atoms with E-state index in [2.05, 4.69) is 65.3 Å². The minimum absolute atomic E-state index is 0.0420. The molecule has 32 heavy (non-hydrogen) atoms. The van der Waals surface area contributed by atoms with E-state index < -0.39 is 0 Å². The summed E-state index contributed by atoms with van der Waals surface area (Å²) in [7, 11) is 0. The summed E-state index contributed by atoms with van der Waals surface area (Å²) in [6.07, 6.45) is 5.32. The number of nitrogens with zero attached hydrogens (tertiary/aromatic N) is 4. The molecule has 1 fully saturated rings. The van der Waals surface area contributed by atoms with Crippen LogP contribution in [0.1, 0.15) is 18.9 Å². The molecule has 4 aromatic rings. The van der Waals surface area contributed by atoms with Crippen LogP contribution in [0.2, 0.25) is 0 Å². The second-order valence-corrected chi connectivity index (χ2v) is 9.28. The van der Waals surface area contributed by atoms with Gasteiger partial charge in [-0.05, 0) is 18.1 Å². The largest absolute Gasteiger partial charge is 0.349 e. The van der Waals surface area contributed by atoms with Crippen molar-refractivity contribution in [3.63, 3.8) is 0 Å². The van der Waals surface area contributed by atoms with Gasteiger partial charge >= 0.3 is 0 Å². The molecule has 164 valence electrons. The maximum Gasteiger partial charge on any atom is 0.294 e. The normalized spacial score (nSPS) is 15.3. The van der Waals surface area contributed by atoms with Crippen molar-refractivity contribution in [3.05, 3.63) is 76.6 Å². The van der Waals surface area contributed by atoms with Crippen molar-refractivity contribution in [3.8, 4) is 0 Å². The fourth-order valence-corrected chi connectivity index (χ4v) is 5.49. The monoisotopic (exact) mass is 444 g/mol. The first-order chi connectivity index (χ1) is 15.7. The lowest BCUT2D eigenvalue weighted by molar-refractivity contribution is 0.283. The summed E-state index contributed by atoms with van der Waals surface area (Å²) in [5.74, 6) is 0.608. The number of rotatable bonds is 6. The van der Waals surface area contributed by atoms with Crippen molar-refractivity contribution in [2.24, 2.45) is 0 Å². The Morgan fingerprint density at radius 3 is 2.53 bits per heavy atom. The lowest BCUT2D eigenvalue weighted by atomic mass is 10.2. The van der Waals surface area contributed by atoms with Crippen molar-refractivity contribution in [1.82, 2.24) is 14.5 Å². The van der Waals surface area contributed by atoms with Crippen LogP contribution in [0.4, 0.5) is 5.82 Å². The molecule has 1 saturated heterocycles. The van der Waals surface area contributed by atoms with Gasteiger partial charge < -0.3 is 9.47 Å². The van der Waals surface area contributed by atoms with Crippen LogP contribution in [-0.2, 0) is 6.54 Å². The predicted molar refractivity (Wildman–Crippen MR) is 136 cm³/mol. The van der Waals surface area contributed by atoms with Gasteiger partial charge in [-0.15, -0.1) is 11.3 Å². The molecule has 2 aromatic carbocycles. The third kappa shape index (κ3) is 4.08. The van der Waals surface area contributed by atoms with Crippen LogP contribution < -0.4 is 10.5 Å². The van der Waals surface area contributed by atoms with Crippen molar-refractivity contribution in [2.45, 2.75) is 19.9 Å². The summed E-state index contributed by atoms with van der Waals surface area (Å²) >= 11 is 1.68. The van der Waals surface area contributed by atoms with Crippen LogP contribution >= 0.6 is 11.3 Å². The number of aryl methyl sites for hydroxylation is 1. The summed E-state index contributed by atoms with van der Waals surface area (Å²) in [4.78, 5) is 23.9. The number of hydrogen-bond acceptors (Lipinski definition) is 5. The molecule has 0 unspecified atom stereocenters. The maximum atomic E-state index is 13.5. The van der Waals surface area contributed by atoms with Crippen LogP contribution in [0, 0.1) is 0 Å². The highest BCUT2D eigenvalue weighted by molar-refractivity contribution is 7.25. The minimum atomic E-state index is 0.0420. The molecule has 1 aliphatic heterocycles. The van der Waals surface area contributed by atoms with Crippen molar-refractivity contribution in [1.29, 1.82) is 0 Å². The zero-order valence-corrected chi connectivity index (χ0v) is 19.2. The molecule has 5 nitrogen and oxygen atoms in total. The maximum absolute atomic E-state index is 13.5. The molecule has 0 bridgehead atoms. The zero-order valence-electron chi connectivity index (χ0n) is 18.4. The molecule has 0 atom stereocenters. The zero-order chi connectivity index (χ0) is 21.9. The first kappa shape index (κ1) is 20.9. The predicted octanol–water partition coefficient (Wildman–Crippen LogP) is 4.86. The summed E-state index contributed by atoms with van der Waals surface area (Å²) in [5.41, 5.74) is 2.26. The molecule has 5 rings (SSSR count). The lowest BCUT2D eigenvalue weighted by Gasteiger charge is -2.34. The van der Waals surface area contributed by atoms with Gasteiger partial charge in [0.25, 0.3) is 5.56 Å². The Morgan fingerprint density at radius 2 is 1.75 bits per heavy atom. The Kier molecular flexibility index (Phi) is 6.06. The van der Waals surface area contributed by atoms with E-state index >= 15 is 0 Å². The fourth-order valence-electron chi connectivity index (χ4n) is 4.41. The van der Waals surface area contributed by atoms with Crippen LogP contribution in [-0.4, -0.2) is 47.2 Å². The Bertz CT molecular complexity index is 1300. The SMILES string of the molecule is CCCn1c(=O)c(N2CCN(C/C=C/c3ccccc3)CC2)nc2sc3ccccc3c21. The number of fused-ring (bicyclic) bond motifs is 3. The molecular formula is C26H28N4OS. The third-order valence-electron chi connectivity index (χ3n) is 6.06. The van der Waals surface area contributed by atoms with Gasteiger partial charge in [-0.1, -0.05) is 67.6 Å². The highest BCUT2D eigenvalue weighted by Gasteiger charge is 2.23. The van der Waals surface area contributed by atoms with E-state index in [1.165, 1.54) is 10.3 Å². The van der Waals surface area contributed by atoms with E-state index in [1.807, 2.05) is 22.8 Å². The van der Waals surface area contributed by atoms with Crippen LogP contribution in [0.5, 0.6) is 0 Å². The molecule has 2 aromatic heterocycles. The molecule has 3 heterocycles. The topological polar surface area (TPSA) is 41.4 Å². The van der Waals surface area contributed by atoms with Crippen LogP contribution in [0.15, 0.2) is 65.5 Å². The number of thiophene rings is 1. The Balaban J connectivity index is 1.36. The molecule has 0 radical (unpaired) electrons. The average Bonchev–Trinajstić information content (AvgIpc) is 3.20. The summed E-state index contributed by atoms with van der Waals surface area (Å²) < 4.78 is 3.14. The number of piperazine rings is 1. The smallest absolute Gasteiger partial charge is 0.294 e. The van der Waals surface area contributed by atoms with Gasteiger partial charge in [-0.25, -0.2) is 4.98 Å². The quantitative estimate of drug-likeness (QED) is 0.426. The van der Waals surface area contributed by atoms with E-state index in [4.69, 9.17) is 4.98 Å². The van der Waals surface area contributed by atoms with E-state index in [1.54, 1.807) is 11.3 Å². The van der Waals surface area contributed by atoms with Gasteiger partial charge in [0, 0.05) is 49.4 Å². The van der Waals surface area contributed by atoms with E-state index in [0.29, 0.717) is 5.82 Å². The van der Waals surface area contributed by atoms with Gasteiger partial charge in [0.05, 0.1) is 5.52 Å². The number of hydrogen-bond donors (Lipinski definition) is 0. The molecule has 0 saturated carbocycles. The van der Waals surface area contributed by atoms with Gasteiger partial charge in [0.15, 0.2) is 5.82 Å². The third-order valence-corrected chi connectivity index (χ3v) is 7.11. The molecule has 6 heteroatoms. The molecule has 0 N–H and O–H groups in total. The van der Waals surface area contributed by atoms with Gasteiger partial charge in [0.2, 0.25) is 0 Å². The highest BCUT2D eigenvalue weighted by Crippen LogP contribution is 2.32. The Labute approximate surface area is 192 Å². The summed E-state index contributed by atoms with van der Waals surface area (Å²) in [5, 5.41) is 1.13. The van der Waals surface area contributed by atoms with E-state index in [0.717, 1.165) is 61.4 Å². The molecule has 0 amide bonds. The average molecular weight is 445 g/mol. The number of benzene rings is 2. The lowest BCUT2D eigenvalue weighted by Crippen LogP contribution is -2.48. The summed E-state index contributed by atoms with van der Waals surface area (Å²) in [6, 6.07) is 18.7. The van der Waals surface area contributed by atoms with Crippen molar-refractivity contribution in [2.75, 3.05) is 37.6 Å². The number of aromatic nitrogens is 2. The summed E-state index contributed by atoms with van der Waals surface area (Å²) in [6.45, 7) is 7.26. The number of anilines is 1. The second kappa shape index (κ2) is 9.27. The Hall–Kier alpha value is -2.96. The van der Waals surface area contributed by atoms with Gasteiger partial charge in [-0.3, -0.25) is 9.69 Å². The van der Waals surface area contributed by atoms with Crippen LogP contribution in [0.3, 0.4) is 0 Å². The van der Waals surface area contributed by atoms with Gasteiger partial charge in [-0.2, -0.15) is 0 Å². The molecule has 0 aliphatic carbocycles. The second-order valence-electron chi connectivity index (χ2n) is 8.24.